The number of nitrogens with two attached hydrogens (primary N) is 1. The first-order valence-corrected chi connectivity index (χ1v) is 7.23. The molecule has 0 aromatic rings. The van der Waals surface area contributed by atoms with Gasteiger partial charge in [-0.3, -0.25) is 4.99 Å². The van der Waals surface area contributed by atoms with Crippen molar-refractivity contribution in [3.8, 4) is 0 Å². The zero-order valence-corrected chi connectivity index (χ0v) is 16.8. The molecule has 1 unspecified atom stereocenters. The fraction of sp³-hybridized carbons (Fsp3) is 0.857. The van der Waals surface area contributed by atoms with E-state index in [1.165, 1.54) is 0 Å². The van der Waals surface area contributed by atoms with Gasteiger partial charge in [0, 0.05) is 26.2 Å². The molecule has 22 heavy (non-hydrogen) atoms. The molecule has 3 N–H and O–H groups in total. The molecular formula is C14H31IN4O3. The lowest BCUT2D eigenvalue weighted by atomic mass is 10.2. The summed E-state index contributed by atoms with van der Waals surface area (Å²) in [5.41, 5.74) is 5.26. The summed E-state index contributed by atoms with van der Waals surface area (Å²) in [7, 11) is 1.63. The van der Waals surface area contributed by atoms with Gasteiger partial charge >= 0.3 is 6.09 Å². The van der Waals surface area contributed by atoms with Gasteiger partial charge in [0.05, 0.1) is 13.2 Å². The lowest BCUT2D eigenvalue weighted by Crippen LogP contribution is -2.42. The Morgan fingerprint density at radius 2 is 2.00 bits per heavy atom. The molecule has 1 amide bonds. The number of rotatable bonds is 7. The monoisotopic (exact) mass is 430 g/mol. The summed E-state index contributed by atoms with van der Waals surface area (Å²) in [5, 5.41) is 3.01. The number of nitrogens with zero attached hydrogens (tertiary/aromatic N) is 2. The van der Waals surface area contributed by atoms with Gasteiger partial charge in [-0.1, -0.05) is 0 Å². The molecule has 0 aliphatic heterocycles. The van der Waals surface area contributed by atoms with Crippen molar-refractivity contribution in [2.75, 3.05) is 33.4 Å². The SMILES string of the molecule is CCN(CCN=C(N)NC(C)COC)C(=O)OC(C)(C)C.I. The molecule has 0 saturated heterocycles. The van der Waals surface area contributed by atoms with Crippen LogP contribution in [0.2, 0.25) is 0 Å². The number of hydrogen-bond donors (Lipinski definition) is 2. The Morgan fingerprint density at radius 3 is 2.45 bits per heavy atom. The predicted molar refractivity (Wildman–Crippen MR) is 99.9 cm³/mol. The second-order valence-electron chi connectivity index (χ2n) is 5.83. The minimum Gasteiger partial charge on any atom is -0.444 e. The molecule has 7 nitrogen and oxygen atoms in total. The van der Waals surface area contributed by atoms with Gasteiger partial charge in [-0.05, 0) is 34.6 Å². The molecule has 0 fully saturated rings. The maximum Gasteiger partial charge on any atom is 0.410 e. The van der Waals surface area contributed by atoms with E-state index in [4.69, 9.17) is 15.2 Å². The van der Waals surface area contributed by atoms with E-state index in [0.29, 0.717) is 32.2 Å². The second-order valence-corrected chi connectivity index (χ2v) is 5.83. The summed E-state index contributed by atoms with van der Waals surface area (Å²) >= 11 is 0. The van der Waals surface area contributed by atoms with Crippen LogP contribution in [0.4, 0.5) is 4.79 Å². The number of carbonyl (C=O) groups excluding carboxylic acids is 1. The Labute approximate surface area is 151 Å². The van der Waals surface area contributed by atoms with E-state index in [1.54, 1.807) is 12.0 Å². The van der Waals surface area contributed by atoms with Crippen molar-refractivity contribution in [2.45, 2.75) is 46.3 Å². The molecule has 0 aliphatic carbocycles. The molecule has 1 atom stereocenters. The first-order valence-electron chi connectivity index (χ1n) is 7.23. The van der Waals surface area contributed by atoms with E-state index in [2.05, 4.69) is 10.3 Å². The summed E-state index contributed by atoms with van der Waals surface area (Å²) in [6.07, 6.45) is -0.334. The van der Waals surface area contributed by atoms with Crippen LogP contribution in [0.5, 0.6) is 0 Å². The van der Waals surface area contributed by atoms with Crippen LogP contribution in [0.3, 0.4) is 0 Å². The van der Waals surface area contributed by atoms with Gasteiger partial charge in [-0.2, -0.15) is 0 Å². The molecule has 8 heteroatoms. The summed E-state index contributed by atoms with van der Waals surface area (Å²) in [6.45, 7) is 11.4. The molecule has 0 heterocycles. The quantitative estimate of drug-likeness (QED) is 0.365. The third-order valence-electron chi connectivity index (χ3n) is 2.50. The number of amides is 1. The van der Waals surface area contributed by atoms with Crippen LogP contribution in [0, 0.1) is 0 Å². The van der Waals surface area contributed by atoms with Crippen molar-refractivity contribution < 1.29 is 14.3 Å². The van der Waals surface area contributed by atoms with Crippen LogP contribution >= 0.6 is 24.0 Å². The Kier molecular flexibility index (Phi) is 12.6. The fourth-order valence-electron chi connectivity index (χ4n) is 1.59. The fourth-order valence-corrected chi connectivity index (χ4v) is 1.59. The number of hydrogen-bond acceptors (Lipinski definition) is 4. The van der Waals surface area contributed by atoms with E-state index in [-0.39, 0.29) is 36.1 Å². The van der Waals surface area contributed by atoms with Crippen molar-refractivity contribution in [3.05, 3.63) is 0 Å². The average molecular weight is 430 g/mol. The smallest absolute Gasteiger partial charge is 0.410 e. The number of carbonyl (C=O) groups is 1. The van der Waals surface area contributed by atoms with Crippen LogP contribution in [0.15, 0.2) is 4.99 Å². The molecule has 0 saturated carbocycles. The van der Waals surface area contributed by atoms with Crippen molar-refractivity contribution >= 4 is 36.0 Å². The lowest BCUT2D eigenvalue weighted by molar-refractivity contribution is 0.0266. The highest BCUT2D eigenvalue weighted by molar-refractivity contribution is 14.0. The van der Waals surface area contributed by atoms with Crippen molar-refractivity contribution in [3.63, 3.8) is 0 Å². The molecule has 132 valence electrons. The molecule has 0 spiro atoms. The third-order valence-corrected chi connectivity index (χ3v) is 2.50. The number of nitrogens with one attached hydrogen (secondary N) is 1. The van der Waals surface area contributed by atoms with Crippen molar-refractivity contribution in [1.29, 1.82) is 0 Å². The van der Waals surface area contributed by atoms with Crippen LogP contribution < -0.4 is 11.1 Å². The van der Waals surface area contributed by atoms with E-state index in [9.17, 15) is 4.79 Å². The highest BCUT2D eigenvalue weighted by Gasteiger charge is 2.20. The topological polar surface area (TPSA) is 89.2 Å². The number of methoxy groups -OCH3 is 1. The van der Waals surface area contributed by atoms with Crippen molar-refractivity contribution in [1.82, 2.24) is 10.2 Å². The molecular weight excluding hydrogens is 399 g/mol. The zero-order valence-electron chi connectivity index (χ0n) is 14.5. The summed E-state index contributed by atoms with van der Waals surface area (Å²) in [5.74, 6) is 0.347. The Morgan fingerprint density at radius 1 is 1.41 bits per heavy atom. The Hall–Kier alpha value is -0.770. The van der Waals surface area contributed by atoms with Gasteiger partial charge in [-0.15, -0.1) is 24.0 Å². The van der Waals surface area contributed by atoms with Crippen LogP contribution in [-0.4, -0.2) is 61.9 Å². The van der Waals surface area contributed by atoms with Gasteiger partial charge < -0.3 is 25.4 Å². The highest BCUT2D eigenvalue weighted by Crippen LogP contribution is 2.09. The average Bonchev–Trinajstić information content (AvgIpc) is 2.32. The highest BCUT2D eigenvalue weighted by atomic mass is 127. The third kappa shape index (κ3) is 11.8. The van der Waals surface area contributed by atoms with Crippen LogP contribution in [0.25, 0.3) is 0 Å². The number of halogens is 1. The second kappa shape index (κ2) is 11.8. The van der Waals surface area contributed by atoms with Crippen LogP contribution in [0.1, 0.15) is 34.6 Å². The van der Waals surface area contributed by atoms with Gasteiger partial charge in [0.1, 0.15) is 5.60 Å². The first-order chi connectivity index (χ1) is 9.69. The summed E-state index contributed by atoms with van der Waals surface area (Å²) in [6, 6.07) is 0.0897. The Balaban J connectivity index is 0. The molecule has 0 aromatic heterocycles. The number of ether oxygens (including phenoxy) is 2. The standard InChI is InChI=1S/C14H30N4O3.HI/c1-7-18(13(19)21-14(3,4)5)9-8-16-12(15)17-11(2)10-20-6;/h11H,7-10H2,1-6H3,(H3,15,16,17);1H. The number of likely N-dealkylation sites (N-methyl/N-ethyl adjacent to an activating group) is 1. The Bertz CT molecular complexity index is 345. The number of guanidine groups is 1. The number of aliphatic imine (C=N–C) groups is 1. The first kappa shape index (κ1) is 23.5. The van der Waals surface area contributed by atoms with Crippen LogP contribution in [-0.2, 0) is 9.47 Å². The molecule has 0 bridgehead atoms. The predicted octanol–water partition coefficient (Wildman–Crippen LogP) is 1.80. The van der Waals surface area contributed by atoms with E-state index in [1.807, 2.05) is 34.6 Å². The molecule has 0 rings (SSSR count). The molecule has 0 aliphatic rings. The largest absolute Gasteiger partial charge is 0.444 e. The maximum atomic E-state index is 11.9. The van der Waals surface area contributed by atoms with Crippen molar-refractivity contribution in [2.24, 2.45) is 10.7 Å². The maximum absolute atomic E-state index is 11.9. The van der Waals surface area contributed by atoms with Gasteiger partial charge in [0.2, 0.25) is 0 Å². The van der Waals surface area contributed by atoms with Gasteiger partial charge in [-0.25, -0.2) is 4.79 Å². The lowest BCUT2D eigenvalue weighted by Gasteiger charge is -2.26. The molecule has 0 aromatic carbocycles. The summed E-state index contributed by atoms with van der Waals surface area (Å²) in [4.78, 5) is 17.7. The summed E-state index contributed by atoms with van der Waals surface area (Å²) < 4.78 is 10.3. The van der Waals surface area contributed by atoms with E-state index >= 15 is 0 Å². The normalized spacial score (nSPS) is 13.1. The van der Waals surface area contributed by atoms with Gasteiger partial charge in [0.25, 0.3) is 0 Å². The minimum atomic E-state index is -0.496. The molecule has 0 radical (unpaired) electrons. The van der Waals surface area contributed by atoms with Gasteiger partial charge in [0.15, 0.2) is 5.96 Å². The minimum absolute atomic E-state index is 0. The zero-order chi connectivity index (χ0) is 16.5. The van der Waals surface area contributed by atoms with E-state index < -0.39 is 5.60 Å². The van der Waals surface area contributed by atoms with E-state index in [0.717, 1.165) is 0 Å².